The van der Waals surface area contributed by atoms with E-state index in [9.17, 15) is 4.79 Å². The Labute approximate surface area is 86.9 Å². The van der Waals surface area contributed by atoms with Crippen LogP contribution in [0.4, 0.5) is 0 Å². The predicted octanol–water partition coefficient (Wildman–Crippen LogP) is 2.34. The summed E-state index contributed by atoms with van der Waals surface area (Å²) >= 11 is 9.20. The Balaban J connectivity index is 2.95. The number of aromatic amines is 1. The molecule has 0 saturated carbocycles. The van der Waals surface area contributed by atoms with Gasteiger partial charge in [0.15, 0.2) is 0 Å². The van der Waals surface area contributed by atoms with E-state index >= 15 is 0 Å². The first kappa shape index (κ1) is 8.72. The van der Waals surface area contributed by atoms with E-state index in [-0.39, 0.29) is 0 Å². The summed E-state index contributed by atoms with van der Waals surface area (Å²) in [5.74, 6) is 0. The van der Waals surface area contributed by atoms with E-state index < -0.39 is 5.69 Å². The van der Waals surface area contributed by atoms with Crippen LogP contribution in [0.5, 0.6) is 0 Å². The minimum Gasteiger partial charge on any atom is -0.304 e. The molecule has 0 aliphatic heterocycles. The number of nitrogens with one attached hydrogen (secondary N) is 1. The molecule has 0 saturated heterocycles. The zero-order chi connectivity index (χ0) is 9.42. The van der Waals surface area contributed by atoms with Crippen LogP contribution in [0, 0.1) is 0 Å². The Morgan fingerprint density at radius 3 is 3.00 bits per heavy atom. The van der Waals surface area contributed by atoms with Crippen LogP contribution in [0.15, 0.2) is 27.6 Å². The lowest BCUT2D eigenvalue weighted by atomic mass is 10.2. The molecule has 2 aromatic rings. The lowest BCUT2D eigenvalue weighted by Gasteiger charge is -1.99. The second-order valence-electron chi connectivity index (χ2n) is 2.54. The highest BCUT2D eigenvalue weighted by Gasteiger charge is 2.01. The maximum atomic E-state index is 10.9. The van der Waals surface area contributed by atoms with E-state index in [4.69, 9.17) is 11.6 Å². The molecule has 0 aliphatic carbocycles. The number of rotatable bonds is 0. The lowest BCUT2D eigenvalue weighted by molar-refractivity contribution is 1.12. The van der Waals surface area contributed by atoms with E-state index in [2.05, 4.69) is 25.9 Å². The molecule has 1 aromatic heterocycles. The molecule has 3 nitrogen and oxygen atoms in total. The second kappa shape index (κ2) is 3.12. The first-order valence-corrected chi connectivity index (χ1v) is 4.68. The third kappa shape index (κ3) is 1.59. The van der Waals surface area contributed by atoms with Crippen molar-refractivity contribution in [1.82, 2.24) is 9.97 Å². The summed E-state index contributed by atoms with van der Waals surface area (Å²) in [5.41, 5.74) is 0.224. The van der Waals surface area contributed by atoms with Gasteiger partial charge in [0.05, 0.1) is 10.5 Å². The van der Waals surface area contributed by atoms with Gasteiger partial charge >= 0.3 is 5.69 Å². The van der Waals surface area contributed by atoms with Gasteiger partial charge in [0.1, 0.15) is 0 Å². The number of hydrogen-bond acceptors (Lipinski definition) is 2. The van der Waals surface area contributed by atoms with E-state index in [0.717, 1.165) is 9.86 Å². The van der Waals surface area contributed by atoms with Crippen molar-refractivity contribution in [2.45, 2.75) is 0 Å². The molecule has 66 valence electrons. The summed E-state index contributed by atoms with van der Waals surface area (Å²) in [6.07, 6.45) is 1.49. The smallest absolute Gasteiger partial charge is 0.304 e. The van der Waals surface area contributed by atoms with Gasteiger partial charge in [-0.3, -0.25) is 0 Å². The first-order chi connectivity index (χ1) is 6.16. The van der Waals surface area contributed by atoms with Gasteiger partial charge < -0.3 is 4.98 Å². The number of fused-ring (bicyclic) bond motifs is 1. The topological polar surface area (TPSA) is 45.8 Å². The minimum atomic E-state index is -0.392. The molecule has 0 bridgehead atoms. The van der Waals surface area contributed by atoms with Gasteiger partial charge in [0, 0.05) is 16.1 Å². The molecule has 1 aromatic carbocycles. The van der Waals surface area contributed by atoms with E-state index in [1.807, 2.05) is 6.07 Å². The Kier molecular flexibility index (Phi) is 2.09. The van der Waals surface area contributed by atoms with Crippen LogP contribution in [-0.2, 0) is 0 Å². The molecule has 2 rings (SSSR count). The van der Waals surface area contributed by atoms with Gasteiger partial charge in [-0.1, -0.05) is 27.5 Å². The fourth-order valence-corrected chi connectivity index (χ4v) is 1.98. The standard InChI is InChI=1S/C8H4BrClN2O/c9-5-1-4-3-11-8(13)12-7(4)6(10)2-5/h1-3H,(H,11,12,13). The summed E-state index contributed by atoms with van der Waals surface area (Å²) in [5, 5.41) is 1.31. The summed E-state index contributed by atoms with van der Waals surface area (Å²) in [6, 6.07) is 3.56. The van der Waals surface area contributed by atoms with E-state index in [1.54, 1.807) is 6.07 Å². The highest BCUT2D eigenvalue weighted by Crippen LogP contribution is 2.24. The fourth-order valence-electron chi connectivity index (χ4n) is 1.09. The average molecular weight is 259 g/mol. The van der Waals surface area contributed by atoms with Crippen LogP contribution >= 0.6 is 27.5 Å². The van der Waals surface area contributed by atoms with Gasteiger partial charge in [-0.25, -0.2) is 9.78 Å². The van der Waals surface area contributed by atoms with Crippen molar-refractivity contribution in [1.29, 1.82) is 0 Å². The zero-order valence-electron chi connectivity index (χ0n) is 6.34. The molecule has 1 heterocycles. The number of nitrogens with zero attached hydrogens (tertiary/aromatic N) is 1. The van der Waals surface area contributed by atoms with Crippen LogP contribution in [0.1, 0.15) is 0 Å². The van der Waals surface area contributed by atoms with Crippen molar-refractivity contribution < 1.29 is 0 Å². The van der Waals surface area contributed by atoms with Crippen molar-refractivity contribution in [3.8, 4) is 0 Å². The van der Waals surface area contributed by atoms with Gasteiger partial charge in [0.25, 0.3) is 0 Å². The molecule has 0 atom stereocenters. The van der Waals surface area contributed by atoms with Crippen molar-refractivity contribution in [2.75, 3.05) is 0 Å². The largest absolute Gasteiger partial charge is 0.345 e. The molecule has 5 heteroatoms. The fraction of sp³-hybridized carbons (Fsp3) is 0. The van der Waals surface area contributed by atoms with Crippen molar-refractivity contribution >= 4 is 38.4 Å². The first-order valence-electron chi connectivity index (χ1n) is 3.51. The Hall–Kier alpha value is -0.870. The highest BCUT2D eigenvalue weighted by atomic mass is 79.9. The summed E-state index contributed by atoms with van der Waals surface area (Å²) in [7, 11) is 0. The lowest BCUT2D eigenvalue weighted by Crippen LogP contribution is -2.08. The maximum Gasteiger partial charge on any atom is 0.345 e. The Morgan fingerprint density at radius 2 is 2.23 bits per heavy atom. The molecule has 0 unspecified atom stereocenters. The molecular weight excluding hydrogens is 255 g/mol. The maximum absolute atomic E-state index is 10.9. The number of aromatic nitrogens is 2. The molecule has 0 spiro atoms. The number of H-pyrrole nitrogens is 1. The van der Waals surface area contributed by atoms with Crippen molar-refractivity contribution in [2.24, 2.45) is 0 Å². The van der Waals surface area contributed by atoms with Crippen LogP contribution in [0.3, 0.4) is 0 Å². The van der Waals surface area contributed by atoms with E-state index in [1.165, 1.54) is 6.20 Å². The number of hydrogen-bond donors (Lipinski definition) is 1. The Bertz CT molecular complexity index is 523. The molecule has 1 N–H and O–H groups in total. The highest BCUT2D eigenvalue weighted by molar-refractivity contribution is 9.10. The normalized spacial score (nSPS) is 10.6. The van der Waals surface area contributed by atoms with Gasteiger partial charge in [-0.05, 0) is 12.1 Å². The van der Waals surface area contributed by atoms with Gasteiger partial charge in [-0.2, -0.15) is 0 Å². The molecule has 0 aliphatic rings. The van der Waals surface area contributed by atoms with Crippen LogP contribution in [0.2, 0.25) is 5.02 Å². The van der Waals surface area contributed by atoms with Crippen molar-refractivity contribution in [3.63, 3.8) is 0 Å². The second-order valence-corrected chi connectivity index (χ2v) is 3.86. The molecule has 13 heavy (non-hydrogen) atoms. The molecule has 0 radical (unpaired) electrons. The summed E-state index contributed by atoms with van der Waals surface area (Å²) < 4.78 is 0.860. The average Bonchev–Trinajstić information content (AvgIpc) is 2.06. The quantitative estimate of drug-likeness (QED) is 0.789. The van der Waals surface area contributed by atoms with Crippen LogP contribution < -0.4 is 5.69 Å². The Morgan fingerprint density at radius 1 is 1.46 bits per heavy atom. The summed E-state index contributed by atoms with van der Waals surface area (Å²) in [6.45, 7) is 0. The molecule has 0 fully saturated rings. The number of halogens is 2. The summed E-state index contributed by atoms with van der Waals surface area (Å²) in [4.78, 5) is 17.0. The molecular formula is C8H4BrClN2O. The SMILES string of the molecule is O=c1ncc2cc(Br)cc(Cl)c2[nH]1. The van der Waals surface area contributed by atoms with Crippen LogP contribution in [-0.4, -0.2) is 9.97 Å². The molecule has 0 amide bonds. The van der Waals surface area contributed by atoms with Gasteiger partial charge in [0.2, 0.25) is 0 Å². The zero-order valence-corrected chi connectivity index (χ0v) is 8.69. The van der Waals surface area contributed by atoms with Crippen molar-refractivity contribution in [3.05, 3.63) is 38.3 Å². The van der Waals surface area contributed by atoms with Gasteiger partial charge in [-0.15, -0.1) is 0 Å². The minimum absolute atomic E-state index is 0.392. The van der Waals surface area contributed by atoms with Crippen LogP contribution in [0.25, 0.3) is 10.9 Å². The van der Waals surface area contributed by atoms with E-state index in [0.29, 0.717) is 10.5 Å². The third-order valence-electron chi connectivity index (χ3n) is 1.64. The predicted molar refractivity (Wildman–Crippen MR) is 55.1 cm³/mol. The monoisotopic (exact) mass is 258 g/mol. The number of benzene rings is 1. The third-order valence-corrected chi connectivity index (χ3v) is 2.39.